The van der Waals surface area contributed by atoms with Crippen molar-refractivity contribution in [2.75, 3.05) is 0 Å². The van der Waals surface area contributed by atoms with Gasteiger partial charge in [0.05, 0.1) is 6.04 Å². The number of carbonyl (C=O) groups excluding carboxylic acids is 1. The van der Waals surface area contributed by atoms with E-state index in [0.717, 1.165) is 6.39 Å². The summed E-state index contributed by atoms with van der Waals surface area (Å²) in [4.78, 5) is 15.8. The molecule has 0 fully saturated rings. The number of hydrogen-bond donors (Lipinski definition) is 2. The number of aromatic nitrogens is 2. The number of nitrogens with one attached hydrogen (secondary N) is 1. The maximum atomic E-state index is 11.9. The van der Waals surface area contributed by atoms with E-state index < -0.39 is 18.1 Å². The highest BCUT2D eigenvalue weighted by atomic mass is 35.5. The number of carbonyl (C=O) groups is 1. The van der Waals surface area contributed by atoms with Gasteiger partial charge < -0.3 is 14.9 Å². The minimum absolute atomic E-state index is 0.306. The lowest BCUT2D eigenvalue weighted by molar-refractivity contribution is -0.130. The maximum absolute atomic E-state index is 11.9. The van der Waals surface area contributed by atoms with Gasteiger partial charge in [-0.15, -0.1) is 0 Å². The third-order valence-electron chi connectivity index (χ3n) is 2.57. The van der Waals surface area contributed by atoms with Crippen LogP contribution in [0, 0.1) is 0 Å². The average molecular weight is 316 g/mol. The third kappa shape index (κ3) is 3.47. The predicted octanol–water partition coefficient (Wildman–Crippen LogP) is 2.29. The molecular weight excluding hydrogens is 305 g/mol. The molecule has 0 saturated carbocycles. The van der Waals surface area contributed by atoms with E-state index in [-0.39, 0.29) is 0 Å². The van der Waals surface area contributed by atoms with Crippen molar-refractivity contribution in [3.05, 3.63) is 46.0 Å². The lowest BCUT2D eigenvalue weighted by atomic mass is 10.1. The molecule has 2 aromatic rings. The van der Waals surface area contributed by atoms with Gasteiger partial charge in [0.25, 0.3) is 5.91 Å². The van der Waals surface area contributed by atoms with E-state index in [1.54, 1.807) is 6.92 Å². The molecule has 106 valence electrons. The standard InChI is InChI=1S/C12H11Cl2N3O3/c1-6(11-15-5-20-17-11)16-12(19)10(18)7-2-8(13)4-9(14)3-7/h2-6,10,18H,1H3,(H,16,19). The van der Waals surface area contributed by atoms with Gasteiger partial charge in [-0.05, 0) is 30.7 Å². The minimum atomic E-state index is -1.39. The Kier molecular flexibility index (Phi) is 4.59. The molecule has 0 aliphatic carbocycles. The topological polar surface area (TPSA) is 88.2 Å². The van der Waals surface area contributed by atoms with Crippen LogP contribution in [-0.2, 0) is 4.79 Å². The van der Waals surface area contributed by atoms with Crippen LogP contribution in [0.2, 0.25) is 10.0 Å². The van der Waals surface area contributed by atoms with Crippen molar-refractivity contribution in [3.8, 4) is 0 Å². The summed E-state index contributed by atoms with van der Waals surface area (Å²) in [6, 6.07) is 3.96. The van der Waals surface area contributed by atoms with Gasteiger partial charge in [-0.2, -0.15) is 4.98 Å². The Balaban J connectivity index is 2.08. The second-order valence-electron chi connectivity index (χ2n) is 4.12. The van der Waals surface area contributed by atoms with Crippen molar-refractivity contribution in [1.82, 2.24) is 15.5 Å². The highest BCUT2D eigenvalue weighted by molar-refractivity contribution is 6.34. The molecule has 0 bridgehead atoms. The first-order chi connectivity index (χ1) is 9.47. The zero-order valence-corrected chi connectivity index (χ0v) is 11.9. The molecule has 0 saturated heterocycles. The number of aliphatic hydroxyl groups excluding tert-OH is 1. The van der Waals surface area contributed by atoms with Crippen LogP contribution in [0.1, 0.15) is 30.5 Å². The van der Waals surface area contributed by atoms with Gasteiger partial charge in [-0.25, -0.2) is 0 Å². The van der Waals surface area contributed by atoms with Crippen molar-refractivity contribution in [2.24, 2.45) is 0 Å². The van der Waals surface area contributed by atoms with Crippen LogP contribution in [0.4, 0.5) is 0 Å². The summed E-state index contributed by atoms with van der Waals surface area (Å²) in [6.07, 6.45) is -0.230. The Labute approximate surface area is 124 Å². The largest absolute Gasteiger partial charge is 0.378 e. The zero-order valence-electron chi connectivity index (χ0n) is 10.4. The van der Waals surface area contributed by atoms with E-state index in [4.69, 9.17) is 23.2 Å². The van der Waals surface area contributed by atoms with E-state index in [2.05, 4.69) is 20.0 Å². The number of aliphatic hydroxyl groups is 1. The quantitative estimate of drug-likeness (QED) is 0.903. The van der Waals surface area contributed by atoms with E-state index in [1.165, 1.54) is 18.2 Å². The first-order valence-corrected chi connectivity index (χ1v) is 6.43. The van der Waals surface area contributed by atoms with Gasteiger partial charge in [-0.3, -0.25) is 4.79 Å². The fourth-order valence-electron chi connectivity index (χ4n) is 1.61. The number of benzene rings is 1. The van der Waals surface area contributed by atoms with Crippen LogP contribution >= 0.6 is 23.2 Å². The van der Waals surface area contributed by atoms with Crippen molar-refractivity contribution in [1.29, 1.82) is 0 Å². The molecule has 6 nitrogen and oxygen atoms in total. The summed E-state index contributed by atoms with van der Waals surface area (Å²) in [5.74, 6) is -0.296. The summed E-state index contributed by atoms with van der Waals surface area (Å²) in [7, 11) is 0. The van der Waals surface area contributed by atoms with Gasteiger partial charge >= 0.3 is 0 Å². The molecule has 0 radical (unpaired) electrons. The van der Waals surface area contributed by atoms with E-state index in [9.17, 15) is 9.90 Å². The number of halogens is 2. The van der Waals surface area contributed by atoms with Crippen molar-refractivity contribution in [2.45, 2.75) is 19.1 Å². The van der Waals surface area contributed by atoms with Gasteiger partial charge in [0.2, 0.25) is 6.39 Å². The molecule has 1 aromatic carbocycles. The molecule has 0 aliphatic heterocycles. The van der Waals surface area contributed by atoms with Crippen molar-refractivity contribution >= 4 is 29.1 Å². The summed E-state index contributed by atoms with van der Waals surface area (Å²) < 4.78 is 4.58. The molecule has 2 unspecified atom stereocenters. The number of nitrogens with zero attached hydrogens (tertiary/aromatic N) is 2. The predicted molar refractivity (Wildman–Crippen MR) is 72.3 cm³/mol. The normalized spacial score (nSPS) is 13.8. The van der Waals surface area contributed by atoms with Crippen LogP contribution in [0.3, 0.4) is 0 Å². The molecule has 2 atom stereocenters. The van der Waals surface area contributed by atoms with Crippen molar-refractivity contribution in [3.63, 3.8) is 0 Å². The van der Waals surface area contributed by atoms with Gasteiger partial charge in [-0.1, -0.05) is 28.4 Å². The maximum Gasteiger partial charge on any atom is 0.254 e. The van der Waals surface area contributed by atoms with Gasteiger partial charge in [0, 0.05) is 10.0 Å². The molecule has 1 aromatic heterocycles. The van der Waals surface area contributed by atoms with Gasteiger partial charge in [0.1, 0.15) is 0 Å². The van der Waals surface area contributed by atoms with Crippen LogP contribution in [0.5, 0.6) is 0 Å². The minimum Gasteiger partial charge on any atom is -0.378 e. The van der Waals surface area contributed by atoms with Crippen molar-refractivity contribution < 1.29 is 14.4 Å². The molecule has 1 heterocycles. The lowest BCUT2D eigenvalue weighted by Crippen LogP contribution is -2.32. The van der Waals surface area contributed by atoms with Crippen LogP contribution in [0.15, 0.2) is 29.1 Å². The van der Waals surface area contributed by atoms with Crippen LogP contribution in [-0.4, -0.2) is 21.2 Å². The molecule has 0 spiro atoms. The van der Waals surface area contributed by atoms with Crippen LogP contribution in [0.25, 0.3) is 0 Å². The number of amides is 1. The monoisotopic (exact) mass is 315 g/mol. The van der Waals surface area contributed by atoms with Gasteiger partial charge in [0.15, 0.2) is 11.9 Å². The zero-order chi connectivity index (χ0) is 14.7. The first kappa shape index (κ1) is 14.8. The molecule has 8 heteroatoms. The Bertz CT molecular complexity index is 584. The number of hydrogen-bond acceptors (Lipinski definition) is 5. The molecule has 2 rings (SSSR count). The lowest BCUT2D eigenvalue weighted by Gasteiger charge is -2.15. The molecule has 1 amide bonds. The second-order valence-corrected chi connectivity index (χ2v) is 5.00. The SMILES string of the molecule is CC(NC(=O)C(O)c1cc(Cl)cc(Cl)c1)c1ncon1. The summed E-state index contributed by atoms with van der Waals surface area (Å²) in [6.45, 7) is 1.67. The Hall–Kier alpha value is -1.63. The second kappa shape index (κ2) is 6.21. The molecule has 0 aliphatic rings. The summed E-state index contributed by atoms with van der Waals surface area (Å²) in [5, 5.41) is 16.8. The Morgan fingerprint density at radius 2 is 2.00 bits per heavy atom. The molecule has 2 N–H and O–H groups in total. The van der Waals surface area contributed by atoms with E-state index in [1.807, 2.05) is 0 Å². The summed E-state index contributed by atoms with van der Waals surface area (Å²) in [5.41, 5.74) is 0.306. The highest BCUT2D eigenvalue weighted by Crippen LogP contribution is 2.24. The third-order valence-corrected chi connectivity index (χ3v) is 3.01. The fourth-order valence-corrected chi connectivity index (χ4v) is 2.15. The summed E-state index contributed by atoms with van der Waals surface area (Å²) >= 11 is 11.7. The van der Waals surface area contributed by atoms with E-state index >= 15 is 0 Å². The fraction of sp³-hybridized carbons (Fsp3) is 0.250. The first-order valence-electron chi connectivity index (χ1n) is 5.68. The average Bonchev–Trinajstić information content (AvgIpc) is 2.90. The smallest absolute Gasteiger partial charge is 0.254 e. The molecular formula is C12H11Cl2N3O3. The Morgan fingerprint density at radius 1 is 1.35 bits per heavy atom. The Morgan fingerprint density at radius 3 is 2.55 bits per heavy atom. The molecule has 20 heavy (non-hydrogen) atoms. The highest BCUT2D eigenvalue weighted by Gasteiger charge is 2.22. The van der Waals surface area contributed by atoms with Crippen LogP contribution < -0.4 is 5.32 Å². The number of rotatable bonds is 4. The van der Waals surface area contributed by atoms with E-state index in [0.29, 0.717) is 21.4 Å².